The number of carbonyl (C=O) groups is 1. The molecule has 1 aromatic rings. The van der Waals surface area contributed by atoms with Crippen LogP contribution >= 0.6 is 0 Å². The van der Waals surface area contributed by atoms with Crippen molar-refractivity contribution < 1.29 is 9.53 Å². The maximum absolute atomic E-state index is 12.1. The lowest BCUT2D eigenvalue weighted by Gasteiger charge is -2.20. The second-order valence-electron chi connectivity index (χ2n) is 8.74. The number of nitrogens with zero attached hydrogens (tertiary/aromatic N) is 3. The predicted octanol–water partition coefficient (Wildman–Crippen LogP) is 9.09. The van der Waals surface area contributed by atoms with Crippen molar-refractivity contribution >= 4 is 17.5 Å². The van der Waals surface area contributed by atoms with Crippen LogP contribution in [0.5, 0.6) is 0 Å². The van der Waals surface area contributed by atoms with Gasteiger partial charge in [0.05, 0.1) is 12.3 Å². The molecule has 5 heteroatoms. The Hall–Kier alpha value is -1.91. The summed E-state index contributed by atoms with van der Waals surface area (Å²) in [6.45, 7) is 11.1. The van der Waals surface area contributed by atoms with Gasteiger partial charge in [-0.1, -0.05) is 83.2 Å². The van der Waals surface area contributed by atoms with Gasteiger partial charge in [-0.25, -0.2) is 4.79 Å². The van der Waals surface area contributed by atoms with Crippen LogP contribution < -0.4 is 4.90 Å². The van der Waals surface area contributed by atoms with Gasteiger partial charge in [0.15, 0.2) is 0 Å². The van der Waals surface area contributed by atoms with Crippen LogP contribution in [0.1, 0.15) is 105 Å². The number of benzene rings is 1. The van der Waals surface area contributed by atoms with E-state index in [0.717, 1.165) is 31.6 Å². The Morgan fingerprint density at radius 2 is 1.34 bits per heavy atom. The summed E-state index contributed by atoms with van der Waals surface area (Å²) in [5.74, 6) is 0.436. The summed E-state index contributed by atoms with van der Waals surface area (Å²) in [6.07, 6.45) is 14.5. The Bertz CT molecular complexity index is 612. The molecule has 32 heavy (non-hydrogen) atoms. The number of amides is 1. The maximum Gasteiger partial charge on any atom is 0.452 e. The minimum absolute atomic E-state index is 0.436. The molecule has 1 unspecified atom stereocenters. The summed E-state index contributed by atoms with van der Waals surface area (Å²) >= 11 is 0. The highest BCUT2D eigenvalue weighted by atomic mass is 16.5. The lowest BCUT2D eigenvalue weighted by atomic mass is 9.95. The molecule has 0 aliphatic heterocycles. The van der Waals surface area contributed by atoms with Crippen LogP contribution in [0.4, 0.5) is 16.2 Å². The highest BCUT2D eigenvalue weighted by molar-refractivity contribution is 5.68. The number of rotatable bonds is 18. The van der Waals surface area contributed by atoms with E-state index < -0.39 is 6.09 Å². The van der Waals surface area contributed by atoms with Crippen molar-refractivity contribution in [2.75, 3.05) is 24.6 Å². The summed E-state index contributed by atoms with van der Waals surface area (Å²) in [6, 6.07) is 7.80. The van der Waals surface area contributed by atoms with Crippen LogP contribution in [0, 0.1) is 5.92 Å². The largest absolute Gasteiger partial charge is 0.452 e. The van der Waals surface area contributed by atoms with Crippen molar-refractivity contribution in [3.63, 3.8) is 0 Å². The lowest BCUT2D eigenvalue weighted by molar-refractivity contribution is 0.128. The van der Waals surface area contributed by atoms with Crippen molar-refractivity contribution in [1.82, 2.24) is 0 Å². The highest BCUT2D eigenvalue weighted by Gasteiger charge is 2.12. The fraction of sp³-hybridized carbons (Fsp3) is 0.741. The summed E-state index contributed by atoms with van der Waals surface area (Å²) in [5.41, 5.74) is 1.82. The monoisotopic (exact) mass is 445 g/mol. The van der Waals surface area contributed by atoms with Crippen LogP contribution in [0.3, 0.4) is 0 Å². The molecule has 5 nitrogen and oxygen atoms in total. The van der Waals surface area contributed by atoms with E-state index in [1.807, 2.05) is 24.3 Å². The third-order valence-electron chi connectivity index (χ3n) is 6.10. The van der Waals surface area contributed by atoms with Crippen molar-refractivity contribution in [2.45, 2.75) is 105 Å². The molecular weight excluding hydrogens is 398 g/mol. The van der Waals surface area contributed by atoms with E-state index in [2.05, 4.69) is 42.8 Å². The zero-order valence-corrected chi connectivity index (χ0v) is 21.2. The first-order valence-electron chi connectivity index (χ1n) is 13.1. The summed E-state index contributed by atoms with van der Waals surface area (Å²) in [5, 5.41) is 7.83. The summed E-state index contributed by atoms with van der Waals surface area (Å²) in [7, 11) is 0. The SMILES string of the molecule is CCCCCCCCC(CCCCCC)COC(=O)N=Nc1ccc(N(CC)CC)cc1. The minimum atomic E-state index is -0.584. The molecular formula is C27H47N3O2. The third-order valence-corrected chi connectivity index (χ3v) is 6.10. The second kappa shape index (κ2) is 18.6. The smallest absolute Gasteiger partial charge is 0.447 e. The Morgan fingerprint density at radius 3 is 1.91 bits per heavy atom. The van der Waals surface area contributed by atoms with E-state index in [1.54, 1.807) is 0 Å². The van der Waals surface area contributed by atoms with Crippen LogP contribution in [-0.4, -0.2) is 25.8 Å². The zero-order valence-electron chi connectivity index (χ0n) is 21.2. The summed E-state index contributed by atoms with van der Waals surface area (Å²) < 4.78 is 5.47. The molecule has 0 N–H and O–H groups in total. The third kappa shape index (κ3) is 12.8. The number of anilines is 1. The second-order valence-corrected chi connectivity index (χ2v) is 8.74. The topological polar surface area (TPSA) is 54.3 Å². The first-order chi connectivity index (χ1) is 15.6. The molecule has 0 spiro atoms. The van der Waals surface area contributed by atoms with Crippen molar-refractivity contribution in [3.05, 3.63) is 24.3 Å². The van der Waals surface area contributed by atoms with E-state index in [9.17, 15) is 4.79 Å². The Labute approximate surface area is 197 Å². The standard InChI is InChI=1S/C27H47N3O2/c1-5-9-11-13-14-16-18-24(17-15-12-10-6-2)23-32-27(31)29-28-25-19-21-26(22-20-25)30(7-3)8-4/h19-22,24H,5-18,23H2,1-4H3. The van der Waals surface area contributed by atoms with E-state index in [0.29, 0.717) is 18.2 Å². The molecule has 1 rings (SSSR count). The van der Waals surface area contributed by atoms with Gasteiger partial charge >= 0.3 is 6.09 Å². The Morgan fingerprint density at radius 1 is 0.812 bits per heavy atom. The molecule has 0 saturated carbocycles. The van der Waals surface area contributed by atoms with Crippen LogP contribution in [0.25, 0.3) is 0 Å². The molecule has 0 aromatic heterocycles. The van der Waals surface area contributed by atoms with Crippen LogP contribution in [-0.2, 0) is 4.74 Å². The molecule has 0 aliphatic rings. The quantitative estimate of drug-likeness (QED) is 0.167. The van der Waals surface area contributed by atoms with Gasteiger partial charge in [-0.15, -0.1) is 5.11 Å². The molecule has 1 atom stereocenters. The van der Waals surface area contributed by atoms with E-state index in [1.165, 1.54) is 64.2 Å². The molecule has 1 amide bonds. The number of hydrogen-bond donors (Lipinski definition) is 0. The Balaban J connectivity index is 2.45. The molecule has 0 radical (unpaired) electrons. The van der Waals surface area contributed by atoms with Crippen LogP contribution in [0.2, 0.25) is 0 Å². The van der Waals surface area contributed by atoms with Gasteiger partial charge in [-0.05, 0) is 56.9 Å². The van der Waals surface area contributed by atoms with Gasteiger partial charge in [-0.3, -0.25) is 0 Å². The van der Waals surface area contributed by atoms with Crippen molar-refractivity contribution in [2.24, 2.45) is 16.1 Å². The van der Waals surface area contributed by atoms with E-state index in [-0.39, 0.29) is 0 Å². The first-order valence-corrected chi connectivity index (χ1v) is 13.1. The van der Waals surface area contributed by atoms with E-state index >= 15 is 0 Å². The fourth-order valence-corrected chi connectivity index (χ4v) is 4.02. The molecule has 0 bridgehead atoms. The van der Waals surface area contributed by atoms with Gasteiger partial charge in [0.2, 0.25) is 0 Å². The van der Waals surface area contributed by atoms with Crippen molar-refractivity contribution in [3.8, 4) is 0 Å². The van der Waals surface area contributed by atoms with Crippen molar-refractivity contribution in [1.29, 1.82) is 0 Å². The first kappa shape index (κ1) is 28.1. The maximum atomic E-state index is 12.1. The molecule has 182 valence electrons. The Kier molecular flexibility index (Phi) is 16.4. The number of ether oxygens (including phenoxy) is 1. The predicted molar refractivity (Wildman–Crippen MR) is 136 cm³/mol. The number of carbonyl (C=O) groups excluding carboxylic acids is 1. The van der Waals surface area contributed by atoms with Gasteiger partial charge in [0.1, 0.15) is 0 Å². The van der Waals surface area contributed by atoms with Gasteiger partial charge in [-0.2, -0.15) is 0 Å². The number of azo groups is 1. The number of unbranched alkanes of at least 4 members (excludes halogenated alkanes) is 8. The minimum Gasteiger partial charge on any atom is -0.447 e. The van der Waals surface area contributed by atoms with Gasteiger partial charge in [0.25, 0.3) is 0 Å². The molecule has 1 aromatic carbocycles. The zero-order chi connectivity index (χ0) is 23.4. The number of hydrogen-bond acceptors (Lipinski definition) is 4. The van der Waals surface area contributed by atoms with Gasteiger partial charge in [0, 0.05) is 18.8 Å². The average Bonchev–Trinajstić information content (AvgIpc) is 2.82. The van der Waals surface area contributed by atoms with E-state index in [4.69, 9.17) is 4.74 Å². The molecule has 0 heterocycles. The molecule has 0 fully saturated rings. The van der Waals surface area contributed by atoms with Gasteiger partial charge < -0.3 is 9.64 Å². The average molecular weight is 446 g/mol. The lowest BCUT2D eigenvalue weighted by Crippen LogP contribution is -2.21. The van der Waals surface area contributed by atoms with Crippen LogP contribution in [0.15, 0.2) is 34.5 Å². The normalized spacial score (nSPS) is 12.2. The fourth-order valence-electron chi connectivity index (χ4n) is 4.02. The highest BCUT2D eigenvalue weighted by Crippen LogP contribution is 2.21. The molecule has 0 saturated heterocycles. The molecule has 0 aliphatic carbocycles. The summed E-state index contributed by atoms with van der Waals surface area (Å²) in [4.78, 5) is 14.4.